The average Bonchev–Trinajstić information content (AvgIpc) is 2.14. The van der Waals surface area contributed by atoms with Gasteiger partial charge < -0.3 is 10.5 Å². The first kappa shape index (κ1) is 12.2. The molecule has 0 radical (unpaired) electrons. The minimum Gasteiger partial charge on any atom is -0.494 e. The molecule has 0 atom stereocenters. The van der Waals surface area contributed by atoms with Crippen LogP contribution in [0.3, 0.4) is 0 Å². The Labute approximate surface area is 96.2 Å². The normalized spacial score (nSPS) is 10.7. The highest BCUT2D eigenvalue weighted by Crippen LogP contribution is 2.27. The first-order valence-electron chi connectivity index (χ1n) is 5.28. The SMILES string of the molecule is CCOc1cc(N)cc(SCC(C)C)c1. The highest BCUT2D eigenvalue weighted by atomic mass is 32.2. The van der Waals surface area contributed by atoms with Gasteiger partial charge in [-0.3, -0.25) is 0 Å². The summed E-state index contributed by atoms with van der Waals surface area (Å²) in [6.45, 7) is 7.08. The third kappa shape index (κ3) is 4.47. The number of hydrogen-bond acceptors (Lipinski definition) is 3. The molecule has 0 amide bonds. The molecule has 0 fully saturated rings. The summed E-state index contributed by atoms with van der Waals surface area (Å²) in [5.41, 5.74) is 6.57. The average molecular weight is 225 g/mol. The van der Waals surface area contributed by atoms with Crippen LogP contribution < -0.4 is 10.5 Å². The molecule has 1 aromatic carbocycles. The van der Waals surface area contributed by atoms with Gasteiger partial charge in [0.15, 0.2) is 0 Å². The summed E-state index contributed by atoms with van der Waals surface area (Å²) in [4.78, 5) is 1.19. The Morgan fingerprint density at radius 1 is 1.33 bits per heavy atom. The van der Waals surface area contributed by atoms with Crippen LogP contribution >= 0.6 is 11.8 Å². The number of benzene rings is 1. The van der Waals surface area contributed by atoms with Crippen LogP contribution in [0.15, 0.2) is 23.1 Å². The summed E-state index contributed by atoms with van der Waals surface area (Å²) in [5, 5.41) is 0. The molecule has 0 unspecified atom stereocenters. The Hall–Kier alpha value is -0.830. The van der Waals surface area contributed by atoms with Crippen molar-refractivity contribution < 1.29 is 4.74 Å². The van der Waals surface area contributed by atoms with Crippen molar-refractivity contribution in [3.8, 4) is 5.75 Å². The maximum atomic E-state index is 5.80. The Morgan fingerprint density at radius 2 is 2.07 bits per heavy atom. The van der Waals surface area contributed by atoms with Crippen molar-refractivity contribution >= 4 is 17.4 Å². The van der Waals surface area contributed by atoms with Gasteiger partial charge in [-0.2, -0.15) is 0 Å². The van der Waals surface area contributed by atoms with Crippen LogP contribution in [-0.4, -0.2) is 12.4 Å². The summed E-state index contributed by atoms with van der Waals surface area (Å²) < 4.78 is 5.44. The molecule has 0 spiro atoms. The van der Waals surface area contributed by atoms with Crippen LogP contribution in [0.25, 0.3) is 0 Å². The molecule has 0 saturated carbocycles. The molecule has 0 aliphatic carbocycles. The van der Waals surface area contributed by atoms with Gasteiger partial charge in [0.2, 0.25) is 0 Å². The zero-order valence-corrected chi connectivity index (χ0v) is 10.4. The van der Waals surface area contributed by atoms with Gasteiger partial charge in [0, 0.05) is 22.4 Å². The van der Waals surface area contributed by atoms with E-state index in [1.165, 1.54) is 4.90 Å². The molecule has 84 valence electrons. The molecule has 3 heteroatoms. The Bertz CT molecular complexity index is 312. The molecule has 0 saturated heterocycles. The first-order valence-corrected chi connectivity index (χ1v) is 6.26. The summed E-state index contributed by atoms with van der Waals surface area (Å²) in [7, 11) is 0. The second-order valence-electron chi connectivity index (χ2n) is 3.88. The number of nitrogen functional groups attached to an aromatic ring is 1. The standard InChI is InChI=1S/C12H19NOS/c1-4-14-11-5-10(13)6-12(7-11)15-8-9(2)3/h5-7,9H,4,8,13H2,1-3H3. The third-order valence-electron chi connectivity index (χ3n) is 1.80. The largest absolute Gasteiger partial charge is 0.494 e. The van der Waals surface area contributed by atoms with Gasteiger partial charge in [-0.15, -0.1) is 11.8 Å². The lowest BCUT2D eigenvalue weighted by Gasteiger charge is -2.09. The van der Waals surface area contributed by atoms with Crippen LogP contribution in [0.2, 0.25) is 0 Å². The van der Waals surface area contributed by atoms with Gasteiger partial charge in [-0.05, 0) is 25.0 Å². The van der Waals surface area contributed by atoms with E-state index in [4.69, 9.17) is 10.5 Å². The van der Waals surface area contributed by atoms with Crippen LogP contribution in [0.1, 0.15) is 20.8 Å². The van der Waals surface area contributed by atoms with Crippen molar-refractivity contribution in [2.24, 2.45) is 5.92 Å². The minimum absolute atomic E-state index is 0.678. The van der Waals surface area contributed by atoms with Crippen LogP contribution in [0.5, 0.6) is 5.75 Å². The van der Waals surface area contributed by atoms with E-state index in [1.807, 2.05) is 36.9 Å². The first-order chi connectivity index (χ1) is 7.11. The van der Waals surface area contributed by atoms with Crippen molar-refractivity contribution in [3.63, 3.8) is 0 Å². The molecule has 2 nitrogen and oxygen atoms in total. The maximum Gasteiger partial charge on any atom is 0.122 e. The number of anilines is 1. The second kappa shape index (κ2) is 5.91. The Balaban J connectivity index is 2.70. The van der Waals surface area contributed by atoms with E-state index in [0.717, 1.165) is 17.2 Å². The lowest BCUT2D eigenvalue weighted by atomic mass is 10.3. The highest BCUT2D eigenvalue weighted by Gasteiger charge is 2.02. The van der Waals surface area contributed by atoms with Crippen molar-refractivity contribution in [3.05, 3.63) is 18.2 Å². The zero-order chi connectivity index (χ0) is 11.3. The number of ether oxygens (including phenoxy) is 1. The summed E-state index contributed by atoms with van der Waals surface area (Å²) in [6, 6.07) is 5.91. The maximum absolute atomic E-state index is 5.80. The van der Waals surface area contributed by atoms with Crippen molar-refractivity contribution in [1.82, 2.24) is 0 Å². The number of rotatable bonds is 5. The van der Waals surface area contributed by atoms with Gasteiger partial charge >= 0.3 is 0 Å². The number of thioether (sulfide) groups is 1. The van der Waals surface area contributed by atoms with Crippen LogP contribution in [0.4, 0.5) is 5.69 Å². The molecule has 1 aromatic rings. The van der Waals surface area contributed by atoms with Crippen LogP contribution in [0, 0.1) is 5.92 Å². The van der Waals surface area contributed by atoms with E-state index in [1.54, 1.807) is 0 Å². The van der Waals surface area contributed by atoms with E-state index < -0.39 is 0 Å². The molecule has 0 bridgehead atoms. The zero-order valence-electron chi connectivity index (χ0n) is 9.62. The van der Waals surface area contributed by atoms with Gasteiger partial charge in [0.1, 0.15) is 5.75 Å². The van der Waals surface area contributed by atoms with Crippen LogP contribution in [-0.2, 0) is 0 Å². The van der Waals surface area contributed by atoms with Gasteiger partial charge in [0.25, 0.3) is 0 Å². The predicted molar refractivity (Wildman–Crippen MR) is 67.6 cm³/mol. The summed E-state index contributed by atoms with van der Waals surface area (Å²) in [5.74, 6) is 2.66. The van der Waals surface area contributed by atoms with E-state index in [0.29, 0.717) is 12.5 Å². The Kier molecular flexibility index (Phi) is 4.82. The third-order valence-corrected chi connectivity index (χ3v) is 3.20. The van der Waals surface area contributed by atoms with E-state index in [9.17, 15) is 0 Å². The fraction of sp³-hybridized carbons (Fsp3) is 0.500. The fourth-order valence-corrected chi connectivity index (χ4v) is 2.13. The van der Waals surface area contributed by atoms with Crippen molar-refractivity contribution in [2.75, 3.05) is 18.1 Å². The lowest BCUT2D eigenvalue weighted by molar-refractivity contribution is 0.339. The second-order valence-corrected chi connectivity index (χ2v) is 4.97. The molecule has 15 heavy (non-hydrogen) atoms. The highest BCUT2D eigenvalue weighted by molar-refractivity contribution is 7.99. The molecule has 2 N–H and O–H groups in total. The lowest BCUT2D eigenvalue weighted by Crippen LogP contribution is -1.95. The van der Waals surface area contributed by atoms with E-state index >= 15 is 0 Å². The van der Waals surface area contributed by atoms with E-state index in [2.05, 4.69) is 13.8 Å². The summed E-state index contributed by atoms with van der Waals surface area (Å²) in [6.07, 6.45) is 0. The van der Waals surface area contributed by atoms with E-state index in [-0.39, 0.29) is 0 Å². The van der Waals surface area contributed by atoms with Crippen molar-refractivity contribution in [1.29, 1.82) is 0 Å². The smallest absolute Gasteiger partial charge is 0.122 e. The molecule has 0 aliphatic rings. The Morgan fingerprint density at radius 3 is 2.67 bits per heavy atom. The van der Waals surface area contributed by atoms with Gasteiger partial charge in [0.05, 0.1) is 6.61 Å². The molecule has 0 aromatic heterocycles. The molecule has 0 aliphatic heterocycles. The van der Waals surface area contributed by atoms with Gasteiger partial charge in [-0.1, -0.05) is 13.8 Å². The predicted octanol–water partition coefficient (Wildman–Crippen LogP) is 3.42. The molecular formula is C12H19NOS. The minimum atomic E-state index is 0.678. The quantitative estimate of drug-likeness (QED) is 0.616. The summed E-state index contributed by atoms with van der Waals surface area (Å²) >= 11 is 1.82. The molecular weight excluding hydrogens is 206 g/mol. The fourth-order valence-electron chi connectivity index (χ4n) is 1.19. The van der Waals surface area contributed by atoms with Crippen molar-refractivity contribution in [2.45, 2.75) is 25.7 Å². The molecule has 0 heterocycles. The number of nitrogens with two attached hydrogens (primary N) is 1. The van der Waals surface area contributed by atoms with Gasteiger partial charge in [-0.25, -0.2) is 0 Å². The molecule has 1 rings (SSSR count). The topological polar surface area (TPSA) is 35.2 Å². The number of hydrogen-bond donors (Lipinski definition) is 1. The monoisotopic (exact) mass is 225 g/mol.